The van der Waals surface area contributed by atoms with E-state index in [9.17, 15) is 9.18 Å². The molecule has 7 nitrogen and oxygen atoms in total. The molecule has 3 rings (SSSR count). The summed E-state index contributed by atoms with van der Waals surface area (Å²) in [7, 11) is 1.78. The van der Waals surface area contributed by atoms with E-state index in [1.54, 1.807) is 24.7 Å². The summed E-state index contributed by atoms with van der Waals surface area (Å²) in [6.07, 6.45) is 1.47. The van der Waals surface area contributed by atoms with Crippen LogP contribution in [0.25, 0.3) is 0 Å². The van der Waals surface area contributed by atoms with Crippen LogP contribution in [0.15, 0.2) is 24.5 Å². The Bertz CT molecular complexity index is 948. The Morgan fingerprint density at radius 3 is 2.72 bits per heavy atom. The molecule has 130 valence electrons. The number of aromatic nitrogens is 5. The molecule has 0 atom stereocenters. The number of nitrogens with one attached hydrogen (secondary N) is 1. The van der Waals surface area contributed by atoms with Crippen LogP contribution in [0, 0.1) is 19.7 Å². The van der Waals surface area contributed by atoms with E-state index >= 15 is 0 Å². The van der Waals surface area contributed by atoms with Gasteiger partial charge in [-0.3, -0.25) is 14.8 Å². The van der Waals surface area contributed by atoms with Crippen molar-refractivity contribution in [1.29, 1.82) is 0 Å². The molecular weight excluding hydrogens is 347 g/mol. The molecule has 0 fully saturated rings. The van der Waals surface area contributed by atoms with Crippen molar-refractivity contribution in [3.8, 4) is 0 Å². The molecule has 2 aromatic heterocycles. The van der Waals surface area contributed by atoms with Gasteiger partial charge in [0.2, 0.25) is 5.95 Å². The second kappa shape index (κ2) is 6.64. The zero-order chi connectivity index (χ0) is 18.1. The van der Waals surface area contributed by atoms with E-state index < -0.39 is 5.82 Å². The van der Waals surface area contributed by atoms with E-state index in [0.717, 1.165) is 5.69 Å². The van der Waals surface area contributed by atoms with Crippen molar-refractivity contribution in [3.05, 3.63) is 57.9 Å². The zero-order valence-corrected chi connectivity index (χ0v) is 14.7. The number of anilines is 1. The van der Waals surface area contributed by atoms with Crippen LogP contribution in [0.4, 0.5) is 10.3 Å². The van der Waals surface area contributed by atoms with Gasteiger partial charge in [0.25, 0.3) is 5.91 Å². The van der Waals surface area contributed by atoms with E-state index in [1.807, 2.05) is 6.92 Å². The Labute approximate surface area is 148 Å². The summed E-state index contributed by atoms with van der Waals surface area (Å²) in [5.74, 6) is -0.547. The van der Waals surface area contributed by atoms with Gasteiger partial charge in [0, 0.05) is 17.8 Å². The fraction of sp³-hybridized carbons (Fsp3) is 0.250. The molecule has 0 radical (unpaired) electrons. The first-order valence-electron chi connectivity index (χ1n) is 7.50. The summed E-state index contributed by atoms with van der Waals surface area (Å²) in [5, 5.41) is 11.4. The number of amides is 1. The highest BCUT2D eigenvalue weighted by molar-refractivity contribution is 6.31. The molecule has 0 unspecified atom stereocenters. The van der Waals surface area contributed by atoms with Gasteiger partial charge in [0.05, 0.1) is 17.8 Å². The van der Waals surface area contributed by atoms with Gasteiger partial charge in [-0.1, -0.05) is 17.7 Å². The minimum atomic E-state index is -0.400. The molecule has 1 aromatic carbocycles. The molecule has 0 aliphatic rings. The lowest BCUT2D eigenvalue weighted by Crippen LogP contribution is -2.15. The zero-order valence-electron chi connectivity index (χ0n) is 13.9. The summed E-state index contributed by atoms with van der Waals surface area (Å²) >= 11 is 6.01. The number of hydrogen-bond donors (Lipinski definition) is 1. The predicted molar refractivity (Wildman–Crippen MR) is 91.2 cm³/mol. The minimum Gasteiger partial charge on any atom is -0.289 e. The van der Waals surface area contributed by atoms with E-state index in [4.69, 9.17) is 11.6 Å². The Morgan fingerprint density at radius 2 is 2.08 bits per heavy atom. The maximum atomic E-state index is 13.1. The van der Waals surface area contributed by atoms with E-state index in [-0.39, 0.29) is 11.9 Å². The lowest BCUT2D eigenvalue weighted by molar-refractivity contribution is 0.102. The minimum absolute atomic E-state index is 0.172. The Kier molecular flexibility index (Phi) is 4.54. The van der Waals surface area contributed by atoms with Crippen molar-refractivity contribution >= 4 is 23.5 Å². The molecule has 3 aromatic rings. The van der Waals surface area contributed by atoms with Crippen LogP contribution >= 0.6 is 11.6 Å². The first-order valence-corrected chi connectivity index (χ1v) is 7.88. The van der Waals surface area contributed by atoms with Crippen LogP contribution in [0.2, 0.25) is 5.02 Å². The van der Waals surface area contributed by atoms with Crippen molar-refractivity contribution in [3.63, 3.8) is 0 Å². The van der Waals surface area contributed by atoms with Gasteiger partial charge in [0.15, 0.2) is 0 Å². The third-order valence-electron chi connectivity index (χ3n) is 3.85. The highest BCUT2D eigenvalue weighted by Gasteiger charge is 2.18. The maximum Gasteiger partial charge on any atom is 0.261 e. The van der Waals surface area contributed by atoms with Gasteiger partial charge in [-0.05, 0) is 31.5 Å². The third-order valence-corrected chi connectivity index (χ3v) is 4.20. The van der Waals surface area contributed by atoms with Crippen LogP contribution in [-0.4, -0.2) is 30.5 Å². The molecule has 25 heavy (non-hydrogen) atoms. The molecule has 2 heterocycles. The topological polar surface area (TPSA) is 77.6 Å². The van der Waals surface area contributed by atoms with Crippen molar-refractivity contribution in [2.45, 2.75) is 20.4 Å². The molecule has 0 saturated carbocycles. The van der Waals surface area contributed by atoms with Gasteiger partial charge >= 0.3 is 0 Å². The average molecular weight is 363 g/mol. The number of rotatable bonds is 4. The van der Waals surface area contributed by atoms with E-state index in [1.165, 1.54) is 23.1 Å². The molecule has 1 amide bonds. The van der Waals surface area contributed by atoms with Crippen molar-refractivity contribution in [1.82, 2.24) is 24.5 Å². The second-order valence-electron chi connectivity index (χ2n) is 5.63. The second-order valence-corrected chi connectivity index (χ2v) is 6.03. The number of carbonyl (C=O) groups excluding carboxylic acids is 1. The number of carbonyl (C=O) groups is 1. The van der Waals surface area contributed by atoms with Gasteiger partial charge < -0.3 is 0 Å². The summed E-state index contributed by atoms with van der Waals surface area (Å²) in [6.45, 7) is 3.90. The van der Waals surface area contributed by atoms with Crippen molar-refractivity contribution < 1.29 is 9.18 Å². The largest absolute Gasteiger partial charge is 0.289 e. The number of halogens is 2. The van der Waals surface area contributed by atoms with E-state index in [0.29, 0.717) is 28.4 Å². The van der Waals surface area contributed by atoms with Gasteiger partial charge in [-0.25, -0.2) is 14.1 Å². The molecule has 0 aliphatic heterocycles. The monoisotopic (exact) mass is 362 g/mol. The lowest BCUT2D eigenvalue weighted by Gasteiger charge is -2.04. The molecule has 0 aliphatic carbocycles. The molecule has 1 N–H and O–H groups in total. The van der Waals surface area contributed by atoms with Crippen LogP contribution < -0.4 is 5.32 Å². The normalized spacial score (nSPS) is 10.9. The van der Waals surface area contributed by atoms with Crippen LogP contribution in [0.1, 0.15) is 27.3 Å². The quantitative estimate of drug-likeness (QED) is 0.774. The third kappa shape index (κ3) is 3.53. The summed E-state index contributed by atoms with van der Waals surface area (Å²) in [6, 6.07) is 4.15. The number of benzene rings is 1. The maximum absolute atomic E-state index is 13.1. The highest BCUT2D eigenvalue weighted by atomic mass is 35.5. The Morgan fingerprint density at radius 1 is 1.32 bits per heavy atom. The van der Waals surface area contributed by atoms with Crippen LogP contribution in [0.5, 0.6) is 0 Å². The summed E-state index contributed by atoms with van der Waals surface area (Å²) in [4.78, 5) is 16.5. The van der Waals surface area contributed by atoms with Crippen LogP contribution in [-0.2, 0) is 13.6 Å². The lowest BCUT2D eigenvalue weighted by atomic mass is 10.2. The van der Waals surface area contributed by atoms with E-state index in [2.05, 4.69) is 20.5 Å². The summed E-state index contributed by atoms with van der Waals surface area (Å²) < 4.78 is 16.2. The molecule has 9 heteroatoms. The van der Waals surface area contributed by atoms with Crippen LogP contribution in [0.3, 0.4) is 0 Å². The predicted octanol–water partition coefficient (Wildman–Crippen LogP) is 2.72. The van der Waals surface area contributed by atoms with Gasteiger partial charge in [0.1, 0.15) is 12.1 Å². The summed E-state index contributed by atoms with van der Waals surface area (Å²) in [5.41, 5.74) is 2.59. The first kappa shape index (κ1) is 17.1. The molecule has 0 spiro atoms. The Balaban J connectivity index is 1.74. The molecule has 0 saturated heterocycles. The van der Waals surface area contributed by atoms with Crippen molar-refractivity contribution in [2.24, 2.45) is 7.05 Å². The first-order chi connectivity index (χ1) is 11.8. The smallest absolute Gasteiger partial charge is 0.261 e. The number of aryl methyl sites for hydroxylation is 2. The highest BCUT2D eigenvalue weighted by Crippen LogP contribution is 2.18. The number of nitrogens with zero attached hydrogens (tertiary/aromatic N) is 5. The van der Waals surface area contributed by atoms with Crippen molar-refractivity contribution in [2.75, 3.05) is 5.32 Å². The molecule has 0 bridgehead atoms. The fourth-order valence-electron chi connectivity index (χ4n) is 2.52. The Hall–Kier alpha value is -2.74. The standard InChI is InChI=1S/C16H16ClFN6O/c1-9-14(10(2)23(3)21-9)15(25)20-16-19-8-24(22-16)7-11-4-5-12(18)6-13(11)17/h4-6,8H,7H2,1-3H3,(H,20,22,25). The SMILES string of the molecule is Cc1nn(C)c(C)c1C(=O)Nc1ncn(Cc2ccc(F)cc2Cl)n1. The number of hydrogen-bond acceptors (Lipinski definition) is 4. The van der Waals surface area contributed by atoms with Gasteiger partial charge in [-0.15, -0.1) is 5.10 Å². The average Bonchev–Trinajstić information content (AvgIpc) is 3.06. The molecular formula is C16H16ClFN6O. The van der Waals surface area contributed by atoms with Gasteiger partial charge in [-0.2, -0.15) is 5.10 Å². The fourth-order valence-corrected chi connectivity index (χ4v) is 2.75.